The number of nitrogens with zero attached hydrogens (tertiary/aromatic N) is 1. The van der Waals surface area contributed by atoms with Crippen LogP contribution in [0.5, 0.6) is 17.2 Å². The molecule has 0 saturated carbocycles. The zero-order valence-corrected chi connectivity index (χ0v) is 15.2. The molecule has 1 aliphatic rings. The summed E-state index contributed by atoms with van der Waals surface area (Å²) < 4.78 is 16.6. The van der Waals surface area contributed by atoms with Crippen LogP contribution in [-0.2, 0) is 6.54 Å². The molecule has 0 radical (unpaired) electrons. The summed E-state index contributed by atoms with van der Waals surface area (Å²) in [6.07, 6.45) is 0. The Morgan fingerprint density at radius 3 is 2.38 bits per heavy atom. The molecule has 2 aromatic rings. The van der Waals surface area contributed by atoms with E-state index in [9.17, 15) is 4.79 Å². The van der Waals surface area contributed by atoms with Crippen molar-refractivity contribution in [3.63, 3.8) is 0 Å². The van der Waals surface area contributed by atoms with Gasteiger partial charge in [-0.2, -0.15) is 0 Å². The summed E-state index contributed by atoms with van der Waals surface area (Å²) in [7, 11) is 3.11. The van der Waals surface area contributed by atoms with Crippen molar-refractivity contribution in [2.45, 2.75) is 6.54 Å². The standard InChI is InChI=1S/C20H24N2O4/c1-24-17-9-8-16(14-22-12-10-21-11-13-22)18(19(17)25-2)26-20(23)15-6-4-3-5-7-15/h3-9,21H,10-14H2,1-2H3. The highest BCUT2D eigenvalue weighted by Crippen LogP contribution is 2.40. The van der Waals surface area contributed by atoms with Crippen LogP contribution < -0.4 is 19.5 Å². The van der Waals surface area contributed by atoms with Crippen LogP contribution in [0.3, 0.4) is 0 Å². The minimum absolute atomic E-state index is 0.416. The van der Waals surface area contributed by atoms with Crippen LogP contribution in [0.15, 0.2) is 42.5 Å². The first-order chi connectivity index (χ1) is 12.7. The summed E-state index contributed by atoms with van der Waals surface area (Å²) in [6, 6.07) is 12.7. The Labute approximate surface area is 153 Å². The highest BCUT2D eigenvalue weighted by Gasteiger charge is 2.22. The van der Waals surface area contributed by atoms with E-state index in [2.05, 4.69) is 10.2 Å². The Morgan fingerprint density at radius 1 is 1.00 bits per heavy atom. The van der Waals surface area contributed by atoms with Crippen molar-refractivity contribution in [2.75, 3.05) is 40.4 Å². The van der Waals surface area contributed by atoms with Crippen molar-refractivity contribution < 1.29 is 19.0 Å². The van der Waals surface area contributed by atoms with Crippen LogP contribution in [0.25, 0.3) is 0 Å². The molecule has 2 aromatic carbocycles. The van der Waals surface area contributed by atoms with Crippen molar-refractivity contribution in [1.82, 2.24) is 10.2 Å². The number of piperazine rings is 1. The Hall–Kier alpha value is -2.57. The van der Waals surface area contributed by atoms with Gasteiger partial charge < -0.3 is 19.5 Å². The van der Waals surface area contributed by atoms with E-state index in [1.54, 1.807) is 38.5 Å². The molecule has 1 aliphatic heterocycles. The van der Waals surface area contributed by atoms with Crippen LogP contribution >= 0.6 is 0 Å². The van der Waals surface area contributed by atoms with Crippen molar-refractivity contribution in [1.29, 1.82) is 0 Å². The fraction of sp³-hybridized carbons (Fsp3) is 0.350. The zero-order chi connectivity index (χ0) is 18.4. The van der Waals surface area contributed by atoms with Gasteiger partial charge in [-0.3, -0.25) is 4.90 Å². The van der Waals surface area contributed by atoms with Crippen LogP contribution in [0, 0.1) is 0 Å². The number of ether oxygens (including phenoxy) is 3. The van der Waals surface area contributed by atoms with Gasteiger partial charge in [-0.1, -0.05) is 24.3 Å². The summed E-state index contributed by atoms with van der Waals surface area (Å²) in [5.41, 5.74) is 1.39. The summed E-state index contributed by atoms with van der Waals surface area (Å²) in [5.74, 6) is 0.967. The smallest absolute Gasteiger partial charge is 0.343 e. The summed E-state index contributed by atoms with van der Waals surface area (Å²) in [4.78, 5) is 14.9. The first-order valence-electron chi connectivity index (χ1n) is 8.67. The molecule has 0 bridgehead atoms. The maximum atomic E-state index is 12.6. The van der Waals surface area contributed by atoms with Crippen molar-refractivity contribution in [3.05, 3.63) is 53.6 Å². The minimum atomic E-state index is -0.418. The molecule has 0 unspecified atom stereocenters. The van der Waals surface area contributed by atoms with Crippen LogP contribution in [0.1, 0.15) is 15.9 Å². The van der Waals surface area contributed by atoms with E-state index in [1.165, 1.54) is 0 Å². The van der Waals surface area contributed by atoms with Gasteiger partial charge in [-0.15, -0.1) is 0 Å². The Bertz CT molecular complexity index is 743. The molecule has 1 heterocycles. The van der Waals surface area contributed by atoms with E-state index < -0.39 is 5.97 Å². The van der Waals surface area contributed by atoms with Crippen molar-refractivity contribution in [3.8, 4) is 17.2 Å². The third-order valence-electron chi connectivity index (χ3n) is 4.39. The molecule has 1 N–H and O–H groups in total. The molecule has 6 nitrogen and oxygen atoms in total. The number of methoxy groups -OCH3 is 2. The number of benzene rings is 2. The van der Waals surface area contributed by atoms with Gasteiger partial charge in [0.1, 0.15) is 0 Å². The lowest BCUT2D eigenvalue weighted by Crippen LogP contribution is -2.42. The molecule has 0 aromatic heterocycles. The molecule has 138 valence electrons. The van der Waals surface area contributed by atoms with Gasteiger partial charge in [0.15, 0.2) is 11.5 Å². The number of carbonyl (C=O) groups is 1. The average molecular weight is 356 g/mol. The second-order valence-corrected chi connectivity index (χ2v) is 6.07. The lowest BCUT2D eigenvalue weighted by atomic mass is 10.1. The first kappa shape index (κ1) is 18.2. The van der Waals surface area contributed by atoms with E-state index in [0.717, 1.165) is 31.7 Å². The molecule has 1 fully saturated rings. The molecule has 0 aliphatic carbocycles. The van der Waals surface area contributed by atoms with E-state index in [4.69, 9.17) is 14.2 Å². The number of rotatable bonds is 6. The fourth-order valence-electron chi connectivity index (χ4n) is 3.01. The van der Waals surface area contributed by atoms with Crippen molar-refractivity contribution in [2.24, 2.45) is 0 Å². The Balaban J connectivity index is 1.92. The zero-order valence-electron chi connectivity index (χ0n) is 15.2. The lowest BCUT2D eigenvalue weighted by molar-refractivity contribution is 0.0725. The topological polar surface area (TPSA) is 60.0 Å². The first-order valence-corrected chi connectivity index (χ1v) is 8.67. The summed E-state index contributed by atoms with van der Waals surface area (Å²) >= 11 is 0. The highest BCUT2D eigenvalue weighted by molar-refractivity contribution is 5.91. The van der Waals surface area contributed by atoms with Gasteiger partial charge in [0, 0.05) is 38.3 Å². The molecule has 26 heavy (non-hydrogen) atoms. The van der Waals surface area contributed by atoms with Crippen LogP contribution in [0.4, 0.5) is 0 Å². The predicted octanol–water partition coefficient (Wildman–Crippen LogP) is 2.33. The second-order valence-electron chi connectivity index (χ2n) is 6.07. The van der Waals surface area contributed by atoms with E-state index in [-0.39, 0.29) is 0 Å². The monoisotopic (exact) mass is 356 g/mol. The summed E-state index contributed by atoms with van der Waals surface area (Å²) in [5, 5.41) is 3.34. The average Bonchev–Trinajstić information content (AvgIpc) is 2.70. The van der Waals surface area contributed by atoms with E-state index in [1.807, 2.05) is 18.2 Å². The predicted molar refractivity (Wildman–Crippen MR) is 99.1 cm³/mol. The molecule has 6 heteroatoms. The third-order valence-corrected chi connectivity index (χ3v) is 4.39. The van der Waals surface area contributed by atoms with Gasteiger partial charge in [0.05, 0.1) is 19.8 Å². The molecule has 3 rings (SSSR count). The van der Waals surface area contributed by atoms with Crippen LogP contribution in [-0.4, -0.2) is 51.3 Å². The molecular weight excluding hydrogens is 332 g/mol. The number of esters is 1. The van der Waals surface area contributed by atoms with Gasteiger partial charge in [-0.25, -0.2) is 4.79 Å². The molecule has 0 amide bonds. The Kier molecular flexibility index (Phi) is 6.09. The number of carbonyl (C=O) groups excluding carboxylic acids is 1. The number of nitrogens with one attached hydrogen (secondary N) is 1. The van der Waals surface area contributed by atoms with Gasteiger partial charge in [0.25, 0.3) is 0 Å². The van der Waals surface area contributed by atoms with Gasteiger partial charge >= 0.3 is 5.97 Å². The van der Waals surface area contributed by atoms with Crippen molar-refractivity contribution >= 4 is 5.97 Å². The normalized spacial score (nSPS) is 14.7. The molecule has 0 atom stereocenters. The SMILES string of the molecule is COc1ccc(CN2CCNCC2)c(OC(=O)c2ccccc2)c1OC. The van der Waals surface area contributed by atoms with Crippen LogP contribution in [0.2, 0.25) is 0 Å². The lowest BCUT2D eigenvalue weighted by Gasteiger charge is -2.28. The quantitative estimate of drug-likeness (QED) is 0.633. The maximum absolute atomic E-state index is 12.6. The maximum Gasteiger partial charge on any atom is 0.343 e. The van der Waals surface area contributed by atoms with Gasteiger partial charge in [-0.05, 0) is 18.2 Å². The minimum Gasteiger partial charge on any atom is -0.493 e. The molecule has 0 spiro atoms. The number of hydrogen-bond donors (Lipinski definition) is 1. The third kappa shape index (κ3) is 4.15. The molecular formula is C20H24N2O4. The number of hydrogen-bond acceptors (Lipinski definition) is 6. The van der Waals surface area contributed by atoms with E-state index in [0.29, 0.717) is 29.4 Å². The molecule has 1 saturated heterocycles. The van der Waals surface area contributed by atoms with E-state index >= 15 is 0 Å². The highest BCUT2D eigenvalue weighted by atomic mass is 16.6. The summed E-state index contributed by atoms with van der Waals surface area (Å²) in [6.45, 7) is 4.47. The Morgan fingerprint density at radius 2 is 1.73 bits per heavy atom. The largest absolute Gasteiger partial charge is 0.493 e. The van der Waals surface area contributed by atoms with Gasteiger partial charge in [0.2, 0.25) is 5.75 Å². The second kappa shape index (κ2) is 8.69. The fourth-order valence-corrected chi connectivity index (χ4v) is 3.01.